The normalized spacial score (nSPS) is 18.1. The van der Waals surface area contributed by atoms with E-state index in [2.05, 4.69) is 57.8 Å². The van der Waals surface area contributed by atoms with Crippen molar-refractivity contribution >= 4 is 17.3 Å². The van der Waals surface area contributed by atoms with Gasteiger partial charge in [0.05, 0.1) is 13.2 Å². The lowest BCUT2D eigenvalue weighted by atomic mass is 10.1. The molecule has 0 unspecified atom stereocenters. The van der Waals surface area contributed by atoms with Gasteiger partial charge in [-0.05, 0) is 38.0 Å². The molecule has 0 radical (unpaired) electrons. The molecule has 2 fully saturated rings. The summed E-state index contributed by atoms with van der Waals surface area (Å²) in [7, 11) is 0. The number of hydrogen-bond donors (Lipinski definition) is 0. The van der Waals surface area contributed by atoms with E-state index in [1.165, 1.54) is 16.8 Å². The van der Waals surface area contributed by atoms with Gasteiger partial charge in [0.25, 0.3) is 0 Å². The van der Waals surface area contributed by atoms with Crippen LogP contribution in [0.2, 0.25) is 0 Å². The molecular weight excluding hydrogens is 338 g/mol. The third-order valence-corrected chi connectivity index (χ3v) is 5.67. The van der Waals surface area contributed by atoms with Crippen molar-refractivity contribution in [2.45, 2.75) is 20.8 Å². The van der Waals surface area contributed by atoms with Crippen molar-refractivity contribution in [2.75, 3.05) is 67.2 Å². The molecule has 2 aliphatic heterocycles. The minimum atomic E-state index is 0.771. The van der Waals surface area contributed by atoms with Gasteiger partial charge in [0.15, 0.2) is 0 Å². The van der Waals surface area contributed by atoms with Gasteiger partial charge in [-0.2, -0.15) is 0 Å². The van der Waals surface area contributed by atoms with Crippen LogP contribution < -0.4 is 14.7 Å². The van der Waals surface area contributed by atoms with Crippen molar-refractivity contribution in [3.05, 3.63) is 41.2 Å². The van der Waals surface area contributed by atoms with Gasteiger partial charge in [-0.15, -0.1) is 0 Å². The number of hydrogen-bond acceptors (Lipinski definition) is 6. The highest BCUT2D eigenvalue weighted by Crippen LogP contribution is 2.26. The second-order valence-electron chi connectivity index (χ2n) is 7.42. The standard InChI is InChI=1S/C21H29N5O/c1-16-5-4-6-19(17(16)2)24-7-9-25(10-8-24)20-15-21(23-18(3)22-20)26-11-13-27-14-12-26/h4-6,15H,7-14H2,1-3H3. The van der Waals surface area contributed by atoms with E-state index < -0.39 is 0 Å². The second-order valence-corrected chi connectivity index (χ2v) is 7.42. The molecule has 2 saturated heterocycles. The molecule has 0 atom stereocenters. The zero-order chi connectivity index (χ0) is 18.8. The van der Waals surface area contributed by atoms with Gasteiger partial charge in [-0.3, -0.25) is 0 Å². The summed E-state index contributed by atoms with van der Waals surface area (Å²) in [6, 6.07) is 8.73. The average molecular weight is 367 g/mol. The minimum absolute atomic E-state index is 0.771. The van der Waals surface area contributed by atoms with Gasteiger partial charge in [-0.25, -0.2) is 9.97 Å². The van der Waals surface area contributed by atoms with Crippen molar-refractivity contribution in [1.29, 1.82) is 0 Å². The molecule has 27 heavy (non-hydrogen) atoms. The third kappa shape index (κ3) is 3.86. The van der Waals surface area contributed by atoms with Crippen LogP contribution in [0.25, 0.3) is 0 Å². The first-order valence-corrected chi connectivity index (χ1v) is 9.86. The van der Waals surface area contributed by atoms with Crippen LogP contribution in [-0.2, 0) is 4.74 Å². The van der Waals surface area contributed by atoms with E-state index in [1.54, 1.807) is 0 Å². The number of benzene rings is 1. The molecule has 4 rings (SSSR count). The van der Waals surface area contributed by atoms with Crippen LogP contribution in [0.3, 0.4) is 0 Å². The van der Waals surface area contributed by atoms with Gasteiger partial charge >= 0.3 is 0 Å². The Hall–Kier alpha value is -2.34. The van der Waals surface area contributed by atoms with Crippen LogP contribution in [0.15, 0.2) is 24.3 Å². The smallest absolute Gasteiger partial charge is 0.134 e. The molecule has 1 aromatic heterocycles. The fraction of sp³-hybridized carbons (Fsp3) is 0.524. The number of ether oxygens (including phenoxy) is 1. The Morgan fingerprint density at radius 1 is 0.778 bits per heavy atom. The number of aryl methyl sites for hydroxylation is 2. The molecule has 0 saturated carbocycles. The van der Waals surface area contributed by atoms with Crippen LogP contribution in [0.5, 0.6) is 0 Å². The summed E-state index contributed by atoms with van der Waals surface area (Å²) in [6.45, 7) is 13.7. The van der Waals surface area contributed by atoms with E-state index in [1.807, 2.05) is 6.92 Å². The van der Waals surface area contributed by atoms with Gasteiger partial charge in [0, 0.05) is 51.0 Å². The van der Waals surface area contributed by atoms with Gasteiger partial charge in [0.2, 0.25) is 0 Å². The van der Waals surface area contributed by atoms with Crippen molar-refractivity contribution < 1.29 is 4.74 Å². The maximum Gasteiger partial charge on any atom is 0.134 e. The molecule has 144 valence electrons. The monoisotopic (exact) mass is 367 g/mol. The minimum Gasteiger partial charge on any atom is -0.378 e. The molecule has 1 aromatic carbocycles. The number of piperazine rings is 1. The Morgan fingerprint density at radius 2 is 1.37 bits per heavy atom. The Labute approximate surface area is 161 Å². The fourth-order valence-corrected chi connectivity index (χ4v) is 3.91. The maximum atomic E-state index is 5.47. The number of aromatic nitrogens is 2. The van der Waals surface area contributed by atoms with Crippen molar-refractivity contribution in [3.63, 3.8) is 0 Å². The molecule has 6 nitrogen and oxygen atoms in total. The van der Waals surface area contributed by atoms with Gasteiger partial charge in [0.1, 0.15) is 17.5 Å². The van der Waals surface area contributed by atoms with E-state index >= 15 is 0 Å². The number of rotatable bonds is 3. The highest BCUT2D eigenvalue weighted by molar-refractivity contribution is 5.58. The third-order valence-electron chi connectivity index (χ3n) is 5.67. The first kappa shape index (κ1) is 18.0. The Balaban J connectivity index is 1.48. The summed E-state index contributed by atoms with van der Waals surface area (Å²) >= 11 is 0. The predicted molar refractivity (Wildman–Crippen MR) is 110 cm³/mol. The summed E-state index contributed by atoms with van der Waals surface area (Å²) in [4.78, 5) is 16.6. The molecule has 6 heteroatoms. The fourth-order valence-electron chi connectivity index (χ4n) is 3.91. The summed E-state index contributed by atoms with van der Waals surface area (Å²) < 4.78 is 5.47. The quantitative estimate of drug-likeness (QED) is 0.831. The van der Waals surface area contributed by atoms with Crippen molar-refractivity contribution in [1.82, 2.24) is 9.97 Å². The van der Waals surface area contributed by atoms with Crippen molar-refractivity contribution in [3.8, 4) is 0 Å². The molecule has 0 spiro atoms. The van der Waals surface area contributed by atoms with Gasteiger partial charge < -0.3 is 19.4 Å². The van der Waals surface area contributed by atoms with E-state index in [4.69, 9.17) is 9.72 Å². The van der Waals surface area contributed by atoms with Crippen LogP contribution in [0.4, 0.5) is 17.3 Å². The summed E-state index contributed by atoms with van der Waals surface area (Å²) in [5.41, 5.74) is 4.11. The SMILES string of the molecule is Cc1nc(N2CCOCC2)cc(N2CCN(c3cccc(C)c3C)CC2)n1. The second kappa shape index (κ2) is 7.72. The maximum absolute atomic E-state index is 5.47. The Kier molecular flexibility index (Phi) is 5.16. The number of nitrogens with zero attached hydrogens (tertiary/aromatic N) is 5. The molecule has 2 aliphatic rings. The predicted octanol–water partition coefficient (Wildman–Crippen LogP) is 2.57. The lowest BCUT2D eigenvalue weighted by molar-refractivity contribution is 0.122. The molecule has 0 N–H and O–H groups in total. The highest BCUT2D eigenvalue weighted by atomic mass is 16.5. The molecule has 0 aliphatic carbocycles. The molecular formula is C21H29N5O. The highest BCUT2D eigenvalue weighted by Gasteiger charge is 2.22. The molecule has 0 amide bonds. The van der Waals surface area contributed by atoms with Crippen molar-refractivity contribution in [2.24, 2.45) is 0 Å². The lowest BCUT2D eigenvalue weighted by Gasteiger charge is -2.38. The molecule has 2 aromatic rings. The number of anilines is 3. The van der Waals surface area contributed by atoms with E-state index in [0.717, 1.165) is 69.9 Å². The topological polar surface area (TPSA) is 44.7 Å². The molecule has 0 bridgehead atoms. The Bertz CT molecular complexity index is 795. The summed E-state index contributed by atoms with van der Waals surface area (Å²) in [6.07, 6.45) is 0. The first-order chi connectivity index (χ1) is 13.1. The van der Waals surface area contributed by atoms with Crippen LogP contribution in [0, 0.1) is 20.8 Å². The van der Waals surface area contributed by atoms with Crippen LogP contribution in [0.1, 0.15) is 17.0 Å². The summed E-state index contributed by atoms with van der Waals surface area (Å²) in [5.74, 6) is 2.91. The Morgan fingerprint density at radius 3 is 2.04 bits per heavy atom. The lowest BCUT2D eigenvalue weighted by Crippen LogP contribution is -2.47. The van der Waals surface area contributed by atoms with Crippen LogP contribution in [-0.4, -0.2) is 62.5 Å². The zero-order valence-electron chi connectivity index (χ0n) is 16.6. The van der Waals surface area contributed by atoms with E-state index in [-0.39, 0.29) is 0 Å². The molecule has 3 heterocycles. The van der Waals surface area contributed by atoms with E-state index in [9.17, 15) is 0 Å². The first-order valence-electron chi connectivity index (χ1n) is 9.86. The average Bonchev–Trinajstić information content (AvgIpc) is 2.70. The van der Waals surface area contributed by atoms with E-state index in [0.29, 0.717) is 0 Å². The zero-order valence-corrected chi connectivity index (χ0v) is 16.6. The largest absolute Gasteiger partial charge is 0.378 e. The number of morpholine rings is 1. The van der Waals surface area contributed by atoms with Gasteiger partial charge in [-0.1, -0.05) is 12.1 Å². The summed E-state index contributed by atoms with van der Waals surface area (Å²) in [5, 5.41) is 0. The van der Waals surface area contributed by atoms with Crippen LogP contribution >= 0.6 is 0 Å².